The second kappa shape index (κ2) is 15.8. The number of nitro benzene ring substituents is 1. The number of hydrogen-bond acceptors (Lipinski definition) is 11. The topological polar surface area (TPSA) is 206 Å². The summed E-state index contributed by atoms with van der Waals surface area (Å²) in [7, 11) is 0. The molecule has 0 radical (unpaired) electrons. The molecule has 0 amide bonds. The molecule has 38 heavy (non-hydrogen) atoms. The standard InChI is InChI=1S/C23H35N5O10/c29-13-1-2-19-23(38-18-5-3-17(4-6-18)28(36)37)27(16-22(34)35)12-11-25(14-20(30)31)9-7-24-8-10-26(19)15-21(32)33/h3-6,19,23-24,29H,1-2,7-16H2,(H,30,31)(H,32,33)(H,34,35). The number of carbonyl (C=O) groups is 3. The Bertz CT molecular complexity index is 932. The summed E-state index contributed by atoms with van der Waals surface area (Å²) in [4.78, 5) is 50.3. The molecule has 1 heterocycles. The van der Waals surface area contributed by atoms with Crippen molar-refractivity contribution in [2.75, 3.05) is 65.5 Å². The van der Waals surface area contributed by atoms with Crippen molar-refractivity contribution in [3.05, 3.63) is 34.4 Å². The second-order valence-corrected chi connectivity index (χ2v) is 8.84. The third-order valence-corrected chi connectivity index (χ3v) is 6.04. The summed E-state index contributed by atoms with van der Waals surface area (Å²) in [6.07, 6.45) is -0.499. The fourth-order valence-corrected chi connectivity index (χ4v) is 4.31. The highest BCUT2D eigenvalue weighted by Gasteiger charge is 2.36. The maximum atomic E-state index is 11.9. The number of aliphatic hydroxyl groups is 1. The SMILES string of the molecule is O=C(O)CN1CCNCCN(CC(=O)O)C(CCCO)C(Oc2ccc([N+](=O)[O-])cc2)N(CC(=O)O)CC1. The number of nitro groups is 1. The van der Waals surface area contributed by atoms with Gasteiger partial charge in [0, 0.05) is 58.0 Å². The van der Waals surface area contributed by atoms with Crippen LogP contribution in [-0.2, 0) is 14.4 Å². The molecule has 0 bridgehead atoms. The molecule has 0 spiro atoms. The molecule has 1 fully saturated rings. The van der Waals surface area contributed by atoms with E-state index in [9.17, 15) is 44.9 Å². The summed E-state index contributed by atoms with van der Waals surface area (Å²) in [6, 6.07) is 4.53. The molecule has 15 heteroatoms. The molecule has 1 aromatic carbocycles. The van der Waals surface area contributed by atoms with Gasteiger partial charge in [0.1, 0.15) is 5.75 Å². The predicted octanol–water partition coefficient (Wildman–Crippen LogP) is -0.796. The van der Waals surface area contributed by atoms with Gasteiger partial charge in [0.25, 0.3) is 5.69 Å². The van der Waals surface area contributed by atoms with Crippen molar-refractivity contribution in [3.63, 3.8) is 0 Å². The van der Waals surface area contributed by atoms with Gasteiger partial charge in [0.2, 0.25) is 0 Å². The third-order valence-electron chi connectivity index (χ3n) is 6.04. The molecule has 5 N–H and O–H groups in total. The molecule has 212 valence electrons. The van der Waals surface area contributed by atoms with E-state index in [1.54, 1.807) is 9.80 Å². The molecular formula is C23H35N5O10. The van der Waals surface area contributed by atoms with E-state index in [-0.39, 0.29) is 63.6 Å². The van der Waals surface area contributed by atoms with Crippen LogP contribution in [0.1, 0.15) is 12.8 Å². The largest absolute Gasteiger partial charge is 0.480 e. The van der Waals surface area contributed by atoms with Crippen molar-refractivity contribution in [1.82, 2.24) is 20.0 Å². The zero-order chi connectivity index (χ0) is 28.1. The molecule has 2 atom stereocenters. The van der Waals surface area contributed by atoms with Crippen molar-refractivity contribution >= 4 is 23.6 Å². The van der Waals surface area contributed by atoms with Crippen LogP contribution in [0.5, 0.6) is 5.75 Å². The highest BCUT2D eigenvalue weighted by Crippen LogP contribution is 2.24. The van der Waals surface area contributed by atoms with Gasteiger partial charge in [-0.25, -0.2) is 0 Å². The molecular weight excluding hydrogens is 506 g/mol. The van der Waals surface area contributed by atoms with Gasteiger partial charge in [-0.2, -0.15) is 0 Å². The summed E-state index contributed by atoms with van der Waals surface area (Å²) < 4.78 is 6.21. The number of non-ortho nitro benzene ring substituents is 1. The molecule has 2 rings (SSSR count). The number of aliphatic carboxylic acids is 3. The van der Waals surface area contributed by atoms with Crippen LogP contribution in [-0.4, -0.2) is 136 Å². The molecule has 1 aliphatic rings. The summed E-state index contributed by atoms with van der Waals surface area (Å²) in [5.41, 5.74) is -0.168. The third kappa shape index (κ3) is 10.5. The first-order valence-corrected chi connectivity index (χ1v) is 12.2. The number of carboxylic acid groups (broad SMARTS) is 3. The Kier molecular flexibility index (Phi) is 12.8. The van der Waals surface area contributed by atoms with Crippen LogP contribution in [0.4, 0.5) is 5.69 Å². The number of nitrogens with one attached hydrogen (secondary N) is 1. The van der Waals surface area contributed by atoms with Crippen molar-refractivity contribution < 1.29 is 44.5 Å². The van der Waals surface area contributed by atoms with Crippen LogP contribution >= 0.6 is 0 Å². The van der Waals surface area contributed by atoms with Crippen LogP contribution < -0.4 is 10.1 Å². The average Bonchev–Trinajstić information content (AvgIpc) is 2.84. The molecule has 0 aliphatic carbocycles. The van der Waals surface area contributed by atoms with Crippen LogP contribution in [0.25, 0.3) is 0 Å². The lowest BCUT2D eigenvalue weighted by molar-refractivity contribution is -0.384. The zero-order valence-corrected chi connectivity index (χ0v) is 21.0. The predicted molar refractivity (Wildman–Crippen MR) is 133 cm³/mol. The fraction of sp³-hybridized carbons (Fsp3) is 0.609. The number of rotatable bonds is 12. The molecule has 1 aliphatic heterocycles. The lowest BCUT2D eigenvalue weighted by Gasteiger charge is -2.42. The Labute approximate surface area is 219 Å². The minimum absolute atomic E-state index is 0.0771. The highest BCUT2D eigenvalue weighted by atomic mass is 16.6. The number of carboxylic acids is 3. The number of aliphatic hydroxyl groups excluding tert-OH is 1. The van der Waals surface area contributed by atoms with Crippen molar-refractivity contribution in [2.45, 2.75) is 25.1 Å². The second-order valence-electron chi connectivity index (χ2n) is 8.84. The van der Waals surface area contributed by atoms with E-state index in [2.05, 4.69) is 5.32 Å². The van der Waals surface area contributed by atoms with Gasteiger partial charge >= 0.3 is 17.9 Å². The fourth-order valence-electron chi connectivity index (χ4n) is 4.31. The van der Waals surface area contributed by atoms with Gasteiger partial charge in [-0.3, -0.25) is 39.2 Å². The Morgan fingerprint density at radius 1 is 0.921 bits per heavy atom. The maximum Gasteiger partial charge on any atom is 0.317 e. The summed E-state index contributed by atoms with van der Waals surface area (Å²) in [6.45, 7) is 0.388. The van der Waals surface area contributed by atoms with Crippen molar-refractivity contribution in [2.24, 2.45) is 0 Å². The van der Waals surface area contributed by atoms with Gasteiger partial charge < -0.3 is 30.5 Å². The quantitative estimate of drug-likeness (QED) is 0.162. The number of nitrogens with zero attached hydrogens (tertiary/aromatic N) is 4. The van der Waals surface area contributed by atoms with E-state index in [1.807, 2.05) is 0 Å². The summed E-state index contributed by atoms with van der Waals surface area (Å²) in [5.74, 6) is -3.11. The molecule has 2 unspecified atom stereocenters. The van der Waals surface area contributed by atoms with E-state index >= 15 is 0 Å². The Morgan fingerprint density at radius 3 is 2.11 bits per heavy atom. The van der Waals surface area contributed by atoms with E-state index < -0.39 is 41.6 Å². The lowest BCUT2D eigenvalue weighted by atomic mass is 10.1. The normalized spacial score (nSPS) is 20.7. The monoisotopic (exact) mass is 541 g/mol. The van der Waals surface area contributed by atoms with E-state index in [0.717, 1.165) is 0 Å². The first kappa shape index (κ1) is 30.9. The Morgan fingerprint density at radius 2 is 1.53 bits per heavy atom. The molecule has 0 aromatic heterocycles. The molecule has 0 saturated carbocycles. The summed E-state index contributed by atoms with van der Waals surface area (Å²) >= 11 is 0. The van der Waals surface area contributed by atoms with Crippen LogP contribution in [0.15, 0.2) is 24.3 Å². The number of benzene rings is 1. The van der Waals surface area contributed by atoms with Gasteiger partial charge in [0.05, 0.1) is 30.6 Å². The Hall–Kier alpha value is -3.37. The smallest absolute Gasteiger partial charge is 0.317 e. The van der Waals surface area contributed by atoms with Crippen LogP contribution in [0.2, 0.25) is 0 Å². The number of hydrogen-bond donors (Lipinski definition) is 5. The first-order chi connectivity index (χ1) is 18.1. The van der Waals surface area contributed by atoms with Gasteiger partial charge in [-0.05, 0) is 25.0 Å². The van der Waals surface area contributed by atoms with Crippen LogP contribution in [0.3, 0.4) is 0 Å². The summed E-state index contributed by atoms with van der Waals surface area (Å²) in [5, 5.41) is 52.4. The van der Waals surface area contributed by atoms with E-state index in [1.165, 1.54) is 29.2 Å². The lowest BCUT2D eigenvalue weighted by Crippen LogP contribution is -2.59. The van der Waals surface area contributed by atoms with Gasteiger partial charge in [0.15, 0.2) is 6.23 Å². The molecule has 15 nitrogen and oxygen atoms in total. The first-order valence-electron chi connectivity index (χ1n) is 12.2. The van der Waals surface area contributed by atoms with Crippen LogP contribution in [0, 0.1) is 10.1 Å². The molecule has 1 aromatic rings. The van der Waals surface area contributed by atoms with E-state index in [4.69, 9.17) is 4.74 Å². The van der Waals surface area contributed by atoms with Crippen molar-refractivity contribution in [1.29, 1.82) is 0 Å². The minimum Gasteiger partial charge on any atom is -0.480 e. The Balaban J connectivity index is 2.53. The van der Waals surface area contributed by atoms with Crippen molar-refractivity contribution in [3.8, 4) is 5.75 Å². The maximum absolute atomic E-state index is 11.9. The number of ether oxygens (including phenoxy) is 1. The van der Waals surface area contributed by atoms with Gasteiger partial charge in [-0.15, -0.1) is 0 Å². The van der Waals surface area contributed by atoms with Gasteiger partial charge in [-0.1, -0.05) is 0 Å². The molecule has 1 saturated heterocycles. The highest BCUT2D eigenvalue weighted by molar-refractivity contribution is 5.70. The zero-order valence-electron chi connectivity index (χ0n) is 21.0. The van der Waals surface area contributed by atoms with E-state index in [0.29, 0.717) is 19.6 Å². The minimum atomic E-state index is -1.17. The average molecular weight is 542 g/mol.